The Labute approximate surface area is 265 Å². The molecule has 230 valence electrons. The van der Waals surface area contributed by atoms with Crippen LogP contribution in [0.4, 0.5) is 5.69 Å². The van der Waals surface area contributed by atoms with Gasteiger partial charge in [0.1, 0.15) is 12.6 Å². The van der Waals surface area contributed by atoms with E-state index in [-0.39, 0.29) is 23.4 Å². The summed E-state index contributed by atoms with van der Waals surface area (Å²) in [5.74, 6) is -0.797. The summed E-state index contributed by atoms with van der Waals surface area (Å²) in [6, 6.07) is 16.2. The van der Waals surface area contributed by atoms with Gasteiger partial charge in [0.25, 0.3) is 10.0 Å². The molecule has 0 saturated heterocycles. The Balaban J connectivity index is 1.72. The minimum Gasteiger partial charge on any atom is -0.352 e. The second kappa shape index (κ2) is 14.1. The Morgan fingerprint density at radius 2 is 1.53 bits per heavy atom. The maximum absolute atomic E-state index is 14.2. The zero-order valence-corrected chi connectivity index (χ0v) is 27.4. The van der Waals surface area contributed by atoms with Crippen LogP contribution in [-0.2, 0) is 26.2 Å². The molecule has 43 heavy (non-hydrogen) atoms. The first kappa shape index (κ1) is 32.8. The van der Waals surface area contributed by atoms with E-state index in [1.165, 1.54) is 4.90 Å². The summed E-state index contributed by atoms with van der Waals surface area (Å²) in [5.41, 5.74) is 3.54. The van der Waals surface area contributed by atoms with Crippen molar-refractivity contribution in [3.05, 3.63) is 93.0 Å². The van der Waals surface area contributed by atoms with Crippen LogP contribution < -0.4 is 9.62 Å². The largest absolute Gasteiger partial charge is 0.352 e. The van der Waals surface area contributed by atoms with Gasteiger partial charge >= 0.3 is 0 Å². The van der Waals surface area contributed by atoms with Gasteiger partial charge in [0.15, 0.2) is 0 Å². The number of sulfonamides is 1. The summed E-state index contributed by atoms with van der Waals surface area (Å²) in [6.45, 7) is 6.77. The van der Waals surface area contributed by atoms with E-state index < -0.39 is 28.5 Å². The van der Waals surface area contributed by atoms with Crippen molar-refractivity contribution in [2.24, 2.45) is 0 Å². The van der Waals surface area contributed by atoms with Gasteiger partial charge in [-0.2, -0.15) is 0 Å². The van der Waals surface area contributed by atoms with Gasteiger partial charge in [-0.05, 0) is 87.6 Å². The minimum absolute atomic E-state index is 0.0419. The maximum atomic E-state index is 14.2. The molecule has 1 aliphatic carbocycles. The number of amides is 2. The molecular formula is C33H39Cl2N3O4S. The standard InChI is InChI=1S/C33H39Cl2N3O4S/c1-22-11-15-28(16-12-22)43(41,42)38(31-18-23(2)10-13-24(31)3)21-32(39)37(20-26-14-17-29(34)30(35)19-26)25(4)33(40)36-27-8-6-5-7-9-27/h10-19,25,27H,5-9,20-21H2,1-4H3,(H,36,40)/t25-/m1/s1. The van der Waals surface area contributed by atoms with Gasteiger partial charge in [0.05, 0.1) is 20.6 Å². The molecule has 2 amide bonds. The molecule has 10 heteroatoms. The fourth-order valence-corrected chi connectivity index (χ4v) is 7.12. The van der Waals surface area contributed by atoms with Crippen LogP contribution in [0.2, 0.25) is 10.0 Å². The third kappa shape index (κ3) is 8.11. The summed E-state index contributed by atoms with van der Waals surface area (Å²) in [7, 11) is -4.15. The number of nitrogens with one attached hydrogen (secondary N) is 1. The fourth-order valence-electron chi connectivity index (χ4n) is 5.32. The highest BCUT2D eigenvalue weighted by Crippen LogP contribution is 2.29. The van der Waals surface area contributed by atoms with Crippen LogP contribution in [0.1, 0.15) is 61.3 Å². The predicted octanol–water partition coefficient (Wildman–Crippen LogP) is 6.98. The van der Waals surface area contributed by atoms with Gasteiger partial charge in [-0.25, -0.2) is 8.42 Å². The molecule has 3 aromatic carbocycles. The van der Waals surface area contributed by atoms with Crippen molar-refractivity contribution in [1.82, 2.24) is 10.2 Å². The van der Waals surface area contributed by atoms with Crippen LogP contribution >= 0.6 is 23.2 Å². The zero-order valence-electron chi connectivity index (χ0n) is 25.1. The van der Waals surface area contributed by atoms with Crippen LogP contribution in [-0.4, -0.2) is 43.8 Å². The molecule has 0 radical (unpaired) electrons. The number of nitrogens with zero attached hydrogens (tertiary/aromatic N) is 2. The number of benzene rings is 3. The van der Waals surface area contributed by atoms with Crippen LogP contribution in [0.15, 0.2) is 65.6 Å². The quantitative estimate of drug-likeness (QED) is 0.258. The van der Waals surface area contributed by atoms with Crippen molar-refractivity contribution < 1.29 is 18.0 Å². The first-order valence-electron chi connectivity index (χ1n) is 14.6. The van der Waals surface area contributed by atoms with E-state index >= 15 is 0 Å². The van der Waals surface area contributed by atoms with Crippen molar-refractivity contribution in [2.45, 2.75) is 83.3 Å². The monoisotopic (exact) mass is 643 g/mol. The lowest BCUT2D eigenvalue weighted by Crippen LogP contribution is -2.53. The molecular weight excluding hydrogens is 605 g/mol. The average Bonchev–Trinajstić information content (AvgIpc) is 2.98. The molecule has 0 bridgehead atoms. The molecule has 0 spiro atoms. The normalized spacial score (nSPS) is 14.7. The first-order chi connectivity index (χ1) is 20.4. The third-order valence-electron chi connectivity index (χ3n) is 7.98. The summed E-state index contributed by atoms with van der Waals surface area (Å²) in [4.78, 5) is 29.2. The van der Waals surface area contributed by atoms with Gasteiger partial charge < -0.3 is 10.2 Å². The average molecular weight is 645 g/mol. The molecule has 4 rings (SSSR count). The van der Waals surface area contributed by atoms with Gasteiger partial charge in [-0.1, -0.05) is 78.4 Å². The van der Waals surface area contributed by atoms with Gasteiger partial charge in [-0.15, -0.1) is 0 Å². The molecule has 3 aromatic rings. The highest BCUT2D eigenvalue weighted by molar-refractivity contribution is 7.92. The highest BCUT2D eigenvalue weighted by Gasteiger charge is 2.34. The van der Waals surface area contributed by atoms with Crippen molar-refractivity contribution in [1.29, 1.82) is 0 Å². The van der Waals surface area contributed by atoms with Gasteiger partial charge in [0, 0.05) is 12.6 Å². The fraction of sp³-hybridized carbons (Fsp3) is 0.394. The number of aryl methyl sites for hydroxylation is 3. The lowest BCUT2D eigenvalue weighted by Gasteiger charge is -2.33. The topological polar surface area (TPSA) is 86.8 Å². The second-order valence-electron chi connectivity index (χ2n) is 11.4. The predicted molar refractivity (Wildman–Crippen MR) is 173 cm³/mol. The molecule has 1 N–H and O–H groups in total. The lowest BCUT2D eigenvalue weighted by atomic mass is 9.95. The number of rotatable bonds is 10. The number of anilines is 1. The summed E-state index contributed by atoms with van der Waals surface area (Å²) in [5, 5.41) is 3.81. The van der Waals surface area contributed by atoms with Crippen molar-refractivity contribution in [2.75, 3.05) is 10.8 Å². The highest BCUT2D eigenvalue weighted by atomic mass is 35.5. The third-order valence-corrected chi connectivity index (χ3v) is 10.5. The van der Waals surface area contributed by atoms with Crippen LogP contribution in [0, 0.1) is 20.8 Å². The number of carbonyl (C=O) groups excluding carboxylic acids is 2. The van der Waals surface area contributed by atoms with Crippen molar-refractivity contribution >= 4 is 50.7 Å². The molecule has 1 atom stereocenters. The smallest absolute Gasteiger partial charge is 0.264 e. The summed E-state index contributed by atoms with van der Waals surface area (Å²) >= 11 is 12.4. The van der Waals surface area contributed by atoms with E-state index in [4.69, 9.17) is 23.2 Å². The Morgan fingerprint density at radius 3 is 2.19 bits per heavy atom. The summed E-state index contributed by atoms with van der Waals surface area (Å²) in [6.07, 6.45) is 5.04. The van der Waals surface area contributed by atoms with Crippen LogP contribution in [0.25, 0.3) is 0 Å². The minimum atomic E-state index is -4.15. The molecule has 0 aliphatic heterocycles. The number of hydrogen-bond acceptors (Lipinski definition) is 4. The maximum Gasteiger partial charge on any atom is 0.264 e. The van der Waals surface area contributed by atoms with Crippen molar-refractivity contribution in [3.8, 4) is 0 Å². The van der Waals surface area contributed by atoms with Gasteiger partial charge in [-0.3, -0.25) is 13.9 Å². The molecule has 7 nitrogen and oxygen atoms in total. The Hall–Kier alpha value is -3.07. The first-order valence-corrected chi connectivity index (χ1v) is 16.8. The van der Waals surface area contributed by atoms with E-state index in [0.29, 0.717) is 26.9 Å². The number of halogens is 2. The number of hydrogen-bond donors (Lipinski definition) is 1. The molecule has 1 aliphatic rings. The van der Waals surface area contributed by atoms with Crippen LogP contribution in [0.5, 0.6) is 0 Å². The molecule has 1 fully saturated rings. The van der Waals surface area contributed by atoms with E-state index in [0.717, 1.165) is 47.5 Å². The van der Waals surface area contributed by atoms with Crippen LogP contribution in [0.3, 0.4) is 0 Å². The molecule has 0 aromatic heterocycles. The van der Waals surface area contributed by atoms with E-state index in [1.807, 2.05) is 32.9 Å². The SMILES string of the molecule is Cc1ccc(S(=O)(=O)N(CC(=O)N(Cc2ccc(Cl)c(Cl)c2)[C@H](C)C(=O)NC2CCCCC2)c2cc(C)ccc2C)cc1. The molecule has 0 unspecified atom stereocenters. The van der Waals surface area contributed by atoms with E-state index in [1.54, 1.807) is 55.5 Å². The summed E-state index contributed by atoms with van der Waals surface area (Å²) < 4.78 is 29.4. The molecule has 0 heterocycles. The van der Waals surface area contributed by atoms with Gasteiger partial charge in [0.2, 0.25) is 11.8 Å². The van der Waals surface area contributed by atoms with E-state index in [9.17, 15) is 18.0 Å². The Morgan fingerprint density at radius 1 is 0.884 bits per heavy atom. The Kier molecular flexibility index (Phi) is 10.8. The number of carbonyl (C=O) groups is 2. The lowest BCUT2D eigenvalue weighted by molar-refractivity contribution is -0.139. The second-order valence-corrected chi connectivity index (χ2v) is 14.1. The van der Waals surface area contributed by atoms with E-state index in [2.05, 4.69) is 5.32 Å². The Bertz CT molecular complexity index is 1570. The van der Waals surface area contributed by atoms with Crippen molar-refractivity contribution in [3.63, 3.8) is 0 Å². The molecule has 1 saturated carbocycles. The zero-order chi connectivity index (χ0) is 31.3.